The Morgan fingerprint density at radius 3 is 2.70 bits per heavy atom. The number of fused-ring (bicyclic) bond motifs is 1. The number of carbonyl (C=O) groups is 1. The minimum absolute atomic E-state index is 0.116. The highest BCUT2D eigenvalue weighted by atomic mass is 16.7. The molecule has 2 rings (SSSR count). The number of ether oxygens (including phenoxy) is 2. The van der Waals surface area contributed by atoms with Crippen LogP contribution in [0.25, 0.3) is 0 Å². The number of hydrogen-bond donors (Lipinski definition) is 2. The third-order valence-electron chi connectivity index (χ3n) is 3.32. The van der Waals surface area contributed by atoms with Gasteiger partial charge in [-0.2, -0.15) is 0 Å². The van der Waals surface area contributed by atoms with Gasteiger partial charge in [0, 0.05) is 0 Å². The Balaban J connectivity index is 1.97. The van der Waals surface area contributed by atoms with Crippen LogP contribution in [0.1, 0.15) is 38.8 Å². The van der Waals surface area contributed by atoms with Crippen LogP contribution in [0.4, 0.5) is 0 Å². The Morgan fingerprint density at radius 2 is 2.00 bits per heavy atom. The Kier molecular flexibility index (Phi) is 4.49. The molecule has 0 aliphatic carbocycles. The number of nitrogens with two attached hydrogens (primary N) is 1. The highest BCUT2D eigenvalue weighted by Gasteiger charge is 2.20. The van der Waals surface area contributed by atoms with E-state index < -0.39 is 6.04 Å². The van der Waals surface area contributed by atoms with E-state index in [0.29, 0.717) is 12.3 Å². The van der Waals surface area contributed by atoms with Gasteiger partial charge in [-0.3, -0.25) is 4.79 Å². The highest BCUT2D eigenvalue weighted by molar-refractivity contribution is 5.81. The summed E-state index contributed by atoms with van der Waals surface area (Å²) in [4.78, 5) is 12.0. The molecule has 20 heavy (non-hydrogen) atoms. The normalized spacial score (nSPS) is 16.1. The summed E-state index contributed by atoms with van der Waals surface area (Å²) in [5, 5.41) is 2.93. The average Bonchev–Trinajstić information content (AvgIpc) is 2.84. The molecule has 0 radical (unpaired) electrons. The third-order valence-corrected chi connectivity index (χ3v) is 3.32. The first-order valence-electron chi connectivity index (χ1n) is 6.93. The van der Waals surface area contributed by atoms with Crippen molar-refractivity contribution in [1.82, 2.24) is 5.32 Å². The van der Waals surface area contributed by atoms with E-state index >= 15 is 0 Å². The second kappa shape index (κ2) is 6.13. The van der Waals surface area contributed by atoms with Crippen molar-refractivity contribution in [3.05, 3.63) is 23.8 Å². The molecular weight excluding hydrogens is 256 g/mol. The molecule has 5 nitrogen and oxygen atoms in total. The van der Waals surface area contributed by atoms with Crippen molar-refractivity contribution in [3.8, 4) is 11.5 Å². The molecule has 1 heterocycles. The quantitative estimate of drug-likeness (QED) is 0.863. The van der Waals surface area contributed by atoms with E-state index in [9.17, 15) is 4.79 Å². The zero-order valence-electron chi connectivity index (χ0n) is 12.2. The van der Waals surface area contributed by atoms with Gasteiger partial charge in [0.05, 0.1) is 12.1 Å². The van der Waals surface area contributed by atoms with Crippen LogP contribution in [0.5, 0.6) is 11.5 Å². The zero-order valence-corrected chi connectivity index (χ0v) is 12.2. The molecule has 1 aromatic rings. The first-order chi connectivity index (χ1) is 9.47. The number of hydrogen-bond acceptors (Lipinski definition) is 4. The molecular formula is C15H22N2O3. The predicted octanol–water partition coefficient (Wildman–Crippen LogP) is 1.97. The highest BCUT2D eigenvalue weighted by Crippen LogP contribution is 2.34. The number of rotatable bonds is 5. The SMILES string of the molecule is CC(C)C[C@H](N)C(=O)NC(C)c1ccc2c(c1)OCO2. The topological polar surface area (TPSA) is 73.6 Å². The molecule has 3 N–H and O–H groups in total. The molecule has 0 fully saturated rings. The van der Waals surface area contributed by atoms with Gasteiger partial charge in [-0.15, -0.1) is 0 Å². The van der Waals surface area contributed by atoms with E-state index in [1.54, 1.807) is 0 Å². The van der Waals surface area contributed by atoms with Crippen molar-refractivity contribution in [3.63, 3.8) is 0 Å². The first-order valence-corrected chi connectivity index (χ1v) is 6.93. The van der Waals surface area contributed by atoms with Gasteiger partial charge in [-0.25, -0.2) is 0 Å². The molecule has 1 aliphatic heterocycles. The monoisotopic (exact) mass is 278 g/mol. The van der Waals surface area contributed by atoms with Crippen molar-refractivity contribution < 1.29 is 14.3 Å². The lowest BCUT2D eigenvalue weighted by Gasteiger charge is -2.19. The molecule has 1 aromatic carbocycles. The summed E-state index contributed by atoms with van der Waals surface area (Å²) in [5.41, 5.74) is 6.85. The van der Waals surface area contributed by atoms with Crippen LogP contribution in [0.15, 0.2) is 18.2 Å². The first kappa shape index (κ1) is 14.7. The van der Waals surface area contributed by atoms with E-state index in [0.717, 1.165) is 17.1 Å². The van der Waals surface area contributed by atoms with Crippen LogP contribution in [-0.4, -0.2) is 18.7 Å². The van der Waals surface area contributed by atoms with Crippen molar-refractivity contribution in [2.75, 3.05) is 6.79 Å². The van der Waals surface area contributed by atoms with E-state index in [-0.39, 0.29) is 18.7 Å². The van der Waals surface area contributed by atoms with E-state index in [4.69, 9.17) is 15.2 Å². The van der Waals surface area contributed by atoms with Crippen LogP contribution < -0.4 is 20.5 Å². The second-order valence-electron chi connectivity index (χ2n) is 5.58. The molecule has 1 amide bonds. The summed E-state index contributed by atoms with van der Waals surface area (Å²) in [5.74, 6) is 1.74. The predicted molar refractivity (Wildman–Crippen MR) is 76.6 cm³/mol. The summed E-state index contributed by atoms with van der Waals surface area (Å²) >= 11 is 0. The molecule has 110 valence electrons. The minimum Gasteiger partial charge on any atom is -0.454 e. The second-order valence-corrected chi connectivity index (χ2v) is 5.58. The fraction of sp³-hybridized carbons (Fsp3) is 0.533. The van der Waals surface area contributed by atoms with Crippen molar-refractivity contribution in [1.29, 1.82) is 0 Å². The van der Waals surface area contributed by atoms with Gasteiger partial charge < -0.3 is 20.5 Å². The molecule has 2 atom stereocenters. The van der Waals surface area contributed by atoms with E-state index in [2.05, 4.69) is 19.2 Å². The maximum atomic E-state index is 12.0. The third kappa shape index (κ3) is 3.42. The van der Waals surface area contributed by atoms with Gasteiger partial charge in [-0.05, 0) is 37.0 Å². The van der Waals surface area contributed by atoms with Gasteiger partial charge >= 0.3 is 0 Å². The number of amides is 1. The van der Waals surface area contributed by atoms with Crippen LogP contribution in [0.2, 0.25) is 0 Å². The lowest BCUT2D eigenvalue weighted by molar-refractivity contribution is -0.123. The van der Waals surface area contributed by atoms with Gasteiger partial charge in [-0.1, -0.05) is 19.9 Å². The van der Waals surface area contributed by atoms with Crippen molar-refractivity contribution in [2.24, 2.45) is 11.7 Å². The maximum absolute atomic E-state index is 12.0. The molecule has 1 aliphatic rings. The molecule has 0 aromatic heterocycles. The van der Waals surface area contributed by atoms with Gasteiger partial charge in [0.1, 0.15) is 0 Å². The van der Waals surface area contributed by atoms with Crippen molar-refractivity contribution in [2.45, 2.75) is 39.3 Å². The number of carbonyl (C=O) groups excluding carboxylic acids is 1. The fourth-order valence-electron chi connectivity index (χ4n) is 2.20. The Hall–Kier alpha value is -1.75. The largest absolute Gasteiger partial charge is 0.454 e. The van der Waals surface area contributed by atoms with E-state index in [1.165, 1.54) is 0 Å². The average molecular weight is 278 g/mol. The fourth-order valence-corrected chi connectivity index (χ4v) is 2.20. The summed E-state index contributed by atoms with van der Waals surface area (Å²) in [6, 6.07) is 5.09. The van der Waals surface area contributed by atoms with Crippen LogP contribution in [0.3, 0.4) is 0 Å². The van der Waals surface area contributed by atoms with Crippen molar-refractivity contribution >= 4 is 5.91 Å². The number of nitrogens with one attached hydrogen (secondary N) is 1. The lowest BCUT2D eigenvalue weighted by Crippen LogP contribution is -2.42. The standard InChI is InChI=1S/C15H22N2O3/c1-9(2)6-12(16)15(18)17-10(3)11-4-5-13-14(7-11)20-8-19-13/h4-5,7,9-10,12H,6,8,16H2,1-3H3,(H,17,18)/t10?,12-/m0/s1. The minimum atomic E-state index is -0.466. The number of benzene rings is 1. The molecule has 0 saturated carbocycles. The molecule has 0 bridgehead atoms. The summed E-state index contributed by atoms with van der Waals surface area (Å²) in [6.45, 7) is 6.28. The molecule has 0 saturated heterocycles. The zero-order chi connectivity index (χ0) is 14.7. The van der Waals surface area contributed by atoms with Crippen LogP contribution in [0, 0.1) is 5.92 Å². The summed E-state index contributed by atoms with van der Waals surface area (Å²) < 4.78 is 10.6. The van der Waals surface area contributed by atoms with Crippen LogP contribution >= 0.6 is 0 Å². The van der Waals surface area contributed by atoms with Gasteiger partial charge in [0.15, 0.2) is 11.5 Å². The van der Waals surface area contributed by atoms with Crippen LogP contribution in [-0.2, 0) is 4.79 Å². The maximum Gasteiger partial charge on any atom is 0.237 e. The molecule has 1 unspecified atom stereocenters. The van der Waals surface area contributed by atoms with E-state index in [1.807, 2.05) is 25.1 Å². The Morgan fingerprint density at radius 1 is 1.30 bits per heavy atom. The van der Waals surface area contributed by atoms with Gasteiger partial charge in [0.25, 0.3) is 0 Å². The smallest absolute Gasteiger partial charge is 0.237 e. The summed E-state index contributed by atoms with van der Waals surface area (Å²) in [6.07, 6.45) is 0.680. The summed E-state index contributed by atoms with van der Waals surface area (Å²) in [7, 11) is 0. The molecule has 5 heteroatoms. The van der Waals surface area contributed by atoms with Gasteiger partial charge in [0.2, 0.25) is 12.7 Å². The molecule has 0 spiro atoms. The lowest BCUT2D eigenvalue weighted by atomic mass is 10.0. The Labute approximate surface area is 119 Å². The Bertz CT molecular complexity index is 488.